The summed E-state index contributed by atoms with van der Waals surface area (Å²) in [5.74, 6) is 0. The van der Waals surface area contributed by atoms with Crippen LogP contribution in [-0.2, 0) is 11.3 Å². The average Bonchev–Trinajstić information content (AvgIpc) is 2.44. The van der Waals surface area contributed by atoms with Gasteiger partial charge in [0.1, 0.15) is 0 Å². The smallest absolute Gasteiger partial charge is 0.0814 e. The quantitative estimate of drug-likeness (QED) is 0.823. The topological polar surface area (TPSA) is 21.3 Å². The fourth-order valence-electron chi connectivity index (χ4n) is 1.41. The van der Waals surface area contributed by atoms with Gasteiger partial charge >= 0.3 is 0 Å². The Labute approximate surface area is 84.1 Å². The molecule has 0 spiro atoms. The second kappa shape index (κ2) is 3.46. The number of likely N-dealkylation sites (N-methyl/N-ethyl adjacent to an activating group) is 1. The number of halogens is 1. The number of thiophene rings is 1. The van der Waals surface area contributed by atoms with E-state index < -0.39 is 0 Å². The van der Waals surface area contributed by atoms with E-state index in [0.29, 0.717) is 6.04 Å². The van der Waals surface area contributed by atoms with E-state index >= 15 is 0 Å². The van der Waals surface area contributed by atoms with E-state index in [2.05, 4.69) is 27.3 Å². The lowest BCUT2D eigenvalue weighted by atomic mass is 10.1. The van der Waals surface area contributed by atoms with Crippen molar-refractivity contribution in [2.24, 2.45) is 0 Å². The van der Waals surface area contributed by atoms with E-state index in [1.165, 1.54) is 14.2 Å². The predicted octanol–water partition coefficient (Wildman–Crippen LogP) is 2.30. The first kappa shape index (κ1) is 8.69. The van der Waals surface area contributed by atoms with Gasteiger partial charge in [0.15, 0.2) is 0 Å². The molecule has 0 bridgehead atoms. The Morgan fingerprint density at radius 2 is 2.58 bits per heavy atom. The van der Waals surface area contributed by atoms with Gasteiger partial charge in [-0.15, -0.1) is 11.3 Å². The first-order valence-electron chi connectivity index (χ1n) is 3.84. The minimum Gasteiger partial charge on any atom is -0.374 e. The van der Waals surface area contributed by atoms with Crippen LogP contribution in [-0.4, -0.2) is 13.7 Å². The van der Waals surface area contributed by atoms with Crippen LogP contribution in [0.1, 0.15) is 16.5 Å². The predicted molar refractivity (Wildman–Crippen MR) is 53.5 cm³/mol. The number of hydrogen-bond donors (Lipinski definition) is 1. The molecule has 1 atom stereocenters. The number of ether oxygens (including phenoxy) is 1. The Balaban J connectivity index is 2.36. The van der Waals surface area contributed by atoms with Gasteiger partial charge in [-0.25, -0.2) is 0 Å². The van der Waals surface area contributed by atoms with E-state index in [4.69, 9.17) is 4.74 Å². The highest BCUT2D eigenvalue weighted by Crippen LogP contribution is 2.34. The number of nitrogens with one attached hydrogen (secondary N) is 1. The van der Waals surface area contributed by atoms with Gasteiger partial charge in [0, 0.05) is 4.88 Å². The minimum atomic E-state index is 0.372. The van der Waals surface area contributed by atoms with Gasteiger partial charge in [0.2, 0.25) is 0 Å². The van der Waals surface area contributed by atoms with Crippen molar-refractivity contribution in [3.05, 3.63) is 20.3 Å². The fourth-order valence-corrected chi connectivity index (χ4v) is 3.13. The standard InChI is InChI=1S/C8H10BrNOS/c1-10-6-3-11-4-7-5(6)2-8(9)12-7/h2,6,10H,3-4H2,1H3. The van der Waals surface area contributed by atoms with Crippen molar-refractivity contribution in [1.29, 1.82) is 0 Å². The Bertz CT molecular complexity index is 287. The summed E-state index contributed by atoms with van der Waals surface area (Å²) in [6.07, 6.45) is 0. The Morgan fingerprint density at radius 3 is 3.33 bits per heavy atom. The lowest BCUT2D eigenvalue weighted by molar-refractivity contribution is 0.0872. The zero-order chi connectivity index (χ0) is 8.55. The molecular weight excluding hydrogens is 238 g/mol. The number of hydrogen-bond acceptors (Lipinski definition) is 3. The molecule has 4 heteroatoms. The zero-order valence-corrected chi connectivity index (χ0v) is 9.17. The Hall–Kier alpha value is 0.100. The maximum absolute atomic E-state index is 5.44. The van der Waals surface area contributed by atoms with Crippen LogP contribution >= 0.6 is 27.3 Å². The fraction of sp³-hybridized carbons (Fsp3) is 0.500. The summed E-state index contributed by atoms with van der Waals surface area (Å²) in [6.45, 7) is 1.55. The maximum Gasteiger partial charge on any atom is 0.0814 e. The van der Waals surface area contributed by atoms with Crippen LogP contribution in [0.15, 0.2) is 9.85 Å². The molecule has 0 aromatic carbocycles. The summed E-state index contributed by atoms with van der Waals surface area (Å²) in [5, 5.41) is 3.23. The molecule has 1 aromatic rings. The summed E-state index contributed by atoms with van der Waals surface area (Å²) in [7, 11) is 1.97. The molecule has 0 aliphatic carbocycles. The van der Waals surface area contributed by atoms with Crippen molar-refractivity contribution in [1.82, 2.24) is 5.32 Å². The van der Waals surface area contributed by atoms with Crippen LogP contribution in [0.5, 0.6) is 0 Å². The van der Waals surface area contributed by atoms with E-state index in [-0.39, 0.29) is 0 Å². The molecule has 1 aromatic heterocycles. The van der Waals surface area contributed by atoms with Crippen molar-refractivity contribution in [2.45, 2.75) is 12.6 Å². The molecule has 1 aliphatic rings. The van der Waals surface area contributed by atoms with Crippen molar-refractivity contribution >= 4 is 27.3 Å². The van der Waals surface area contributed by atoms with E-state index in [0.717, 1.165) is 13.2 Å². The highest BCUT2D eigenvalue weighted by molar-refractivity contribution is 9.11. The SMILES string of the molecule is CNC1COCc2sc(Br)cc21. The number of rotatable bonds is 1. The molecule has 2 heterocycles. The zero-order valence-electron chi connectivity index (χ0n) is 6.76. The van der Waals surface area contributed by atoms with Gasteiger partial charge in [-0.3, -0.25) is 0 Å². The molecule has 2 rings (SSSR count). The molecule has 0 fully saturated rings. The molecule has 66 valence electrons. The number of fused-ring (bicyclic) bond motifs is 1. The normalized spacial score (nSPS) is 22.3. The van der Waals surface area contributed by atoms with Crippen molar-refractivity contribution in [3.63, 3.8) is 0 Å². The molecule has 0 radical (unpaired) electrons. The van der Waals surface area contributed by atoms with Gasteiger partial charge in [-0.05, 0) is 34.6 Å². The summed E-state index contributed by atoms with van der Waals surface area (Å²) in [6, 6.07) is 2.56. The van der Waals surface area contributed by atoms with Crippen LogP contribution in [0.4, 0.5) is 0 Å². The molecule has 1 aliphatic heterocycles. The molecule has 1 unspecified atom stereocenters. The van der Waals surface area contributed by atoms with Crippen LogP contribution < -0.4 is 5.32 Å². The first-order valence-corrected chi connectivity index (χ1v) is 5.45. The summed E-state index contributed by atoms with van der Waals surface area (Å²) in [5.41, 5.74) is 1.39. The van der Waals surface area contributed by atoms with Crippen molar-refractivity contribution in [2.75, 3.05) is 13.7 Å². The van der Waals surface area contributed by atoms with Gasteiger partial charge in [0.25, 0.3) is 0 Å². The van der Waals surface area contributed by atoms with Gasteiger partial charge in [0.05, 0.1) is 23.0 Å². The molecule has 0 saturated heterocycles. The Morgan fingerprint density at radius 1 is 1.75 bits per heavy atom. The summed E-state index contributed by atoms with van der Waals surface area (Å²) >= 11 is 5.25. The summed E-state index contributed by atoms with van der Waals surface area (Å²) < 4.78 is 6.63. The van der Waals surface area contributed by atoms with E-state index in [1.54, 1.807) is 11.3 Å². The van der Waals surface area contributed by atoms with Crippen molar-refractivity contribution < 1.29 is 4.74 Å². The third-order valence-corrected chi connectivity index (χ3v) is 3.68. The van der Waals surface area contributed by atoms with Gasteiger partial charge in [-0.2, -0.15) is 0 Å². The average molecular weight is 248 g/mol. The molecule has 0 amide bonds. The molecule has 0 saturated carbocycles. The van der Waals surface area contributed by atoms with Gasteiger partial charge < -0.3 is 10.1 Å². The molecule has 12 heavy (non-hydrogen) atoms. The second-order valence-electron chi connectivity index (χ2n) is 2.79. The van der Waals surface area contributed by atoms with Crippen LogP contribution in [0, 0.1) is 0 Å². The van der Waals surface area contributed by atoms with Crippen LogP contribution in [0.3, 0.4) is 0 Å². The van der Waals surface area contributed by atoms with E-state index in [1.807, 2.05) is 7.05 Å². The maximum atomic E-state index is 5.44. The molecule has 1 N–H and O–H groups in total. The second-order valence-corrected chi connectivity index (χ2v) is 5.30. The Kier molecular flexibility index (Phi) is 2.50. The lowest BCUT2D eigenvalue weighted by Gasteiger charge is -2.21. The molecular formula is C8H10BrNOS. The third kappa shape index (κ3) is 1.44. The monoisotopic (exact) mass is 247 g/mol. The van der Waals surface area contributed by atoms with E-state index in [9.17, 15) is 0 Å². The largest absolute Gasteiger partial charge is 0.374 e. The van der Waals surface area contributed by atoms with Crippen LogP contribution in [0.2, 0.25) is 0 Å². The van der Waals surface area contributed by atoms with Crippen molar-refractivity contribution in [3.8, 4) is 0 Å². The minimum absolute atomic E-state index is 0.372. The van der Waals surface area contributed by atoms with Gasteiger partial charge in [-0.1, -0.05) is 0 Å². The highest BCUT2D eigenvalue weighted by Gasteiger charge is 2.21. The third-order valence-electron chi connectivity index (χ3n) is 2.05. The first-order chi connectivity index (χ1) is 5.81. The summed E-state index contributed by atoms with van der Waals surface area (Å²) in [4.78, 5) is 1.34. The van der Waals surface area contributed by atoms with Crippen LogP contribution in [0.25, 0.3) is 0 Å². The highest BCUT2D eigenvalue weighted by atomic mass is 79.9. The lowest BCUT2D eigenvalue weighted by Crippen LogP contribution is -2.25. The molecule has 2 nitrogen and oxygen atoms in total.